The smallest absolute Gasteiger partial charge is 0.308 e. The normalized spacial score (nSPS) is 12.1. The van der Waals surface area contributed by atoms with Crippen molar-refractivity contribution in [3.05, 3.63) is 65.0 Å². The third kappa shape index (κ3) is 4.39. The standard InChI is InChI=1S/C22H25N3O3/c1-14-20(15(2)25(3)24-14)12-21(26)23-13-19(22(27)28)11-16-8-9-17-6-4-5-7-18(17)10-16/h4-10,19H,11-13H2,1-3H3,(H,23,26)(H,27,28). The van der Waals surface area contributed by atoms with E-state index in [4.69, 9.17) is 0 Å². The van der Waals surface area contributed by atoms with Crippen LogP contribution in [0.15, 0.2) is 42.5 Å². The molecule has 3 aromatic rings. The van der Waals surface area contributed by atoms with Crippen LogP contribution in [0, 0.1) is 19.8 Å². The van der Waals surface area contributed by atoms with Crippen LogP contribution < -0.4 is 5.32 Å². The lowest BCUT2D eigenvalue weighted by Gasteiger charge is -2.14. The number of fused-ring (bicyclic) bond motifs is 1. The van der Waals surface area contributed by atoms with E-state index in [1.54, 1.807) is 4.68 Å². The lowest BCUT2D eigenvalue weighted by atomic mass is 9.97. The molecule has 0 saturated carbocycles. The zero-order valence-corrected chi connectivity index (χ0v) is 16.4. The van der Waals surface area contributed by atoms with Crippen LogP contribution in [0.3, 0.4) is 0 Å². The van der Waals surface area contributed by atoms with E-state index in [9.17, 15) is 14.7 Å². The molecule has 28 heavy (non-hydrogen) atoms. The third-order valence-corrected chi connectivity index (χ3v) is 5.19. The summed E-state index contributed by atoms with van der Waals surface area (Å²) in [5, 5.41) is 18.9. The van der Waals surface area contributed by atoms with Crippen LogP contribution in [0.4, 0.5) is 0 Å². The molecule has 3 rings (SSSR count). The lowest BCUT2D eigenvalue weighted by Crippen LogP contribution is -2.35. The zero-order valence-electron chi connectivity index (χ0n) is 16.4. The highest BCUT2D eigenvalue weighted by Gasteiger charge is 2.20. The van der Waals surface area contributed by atoms with Crippen molar-refractivity contribution in [3.8, 4) is 0 Å². The molecule has 146 valence electrons. The lowest BCUT2D eigenvalue weighted by molar-refractivity contribution is -0.141. The number of aromatic nitrogens is 2. The molecule has 2 N–H and O–H groups in total. The second kappa shape index (κ2) is 8.25. The molecule has 0 spiro atoms. The second-order valence-electron chi connectivity index (χ2n) is 7.17. The third-order valence-electron chi connectivity index (χ3n) is 5.19. The topological polar surface area (TPSA) is 84.2 Å². The predicted molar refractivity (Wildman–Crippen MR) is 108 cm³/mol. The molecule has 0 aliphatic carbocycles. The number of nitrogens with one attached hydrogen (secondary N) is 1. The fraction of sp³-hybridized carbons (Fsp3) is 0.318. The molecule has 6 heteroatoms. The highest BCUT2D eigenvalue weighted by atomic mass is 16.4. The summed E-state index contributed by atoms with van der Waals surface area (Å²) in [6.45, 7) is 3.89. The van der Waals surface area contributed by atoms with Gasteiger partial charge in [0, 0.05) is 24.8 Å². The van der Waals surface area contributed by atoms with Crippen LogP contribution in [0.1, 0.15) is 22.5 Å². The largest absolute Gasteiger partial charge is 0.481 e. The maximum Gasteiger partial charge on any atom is 0.308 e. The molecule has 0 saturated heterocycles. The van der Waals surface area contributed by atoms with Gasteiger partial charge in [0.25, 0.3) is 0 Å². The Bertz CT molecular complexity index is 1020. The van der Waals surface area contributed by atoms with Crippen LogP contribution in [0.25, 0.3) is 10.8 Å². The number of carbonyl (C=O) groups excluding carboxylic acids is 1. The SMILES string of the molecule is Cc1nn(C)c(C)c1CC(=O)NCC(Cc1ccc2ccccc2c1)C(=O)O. The molecule has 1 atom stereocenters. The number of rotatable bonds is 7. The van der Waals surface area contributed by atoms with Gasteiger partial charge >= 0.3 is 5.97 Å². The molecule has 0 aliphatic rings. The number of aryl methyl sites for hydroxylation is 2. The van der Waals surface area contributed by atoms with Gasteiger partial charge < -0.3 is 10.4 Å². The van der Waals surface area contributed by atoms with Gasteiger partial charge in [0.2, 0.25) is 5.91 Å². The minimum atomic E-state index is -0.915. The Hall–Kier alpha value is -3.15. The maximum atomic E-state index is 12.3. The van der Waals surface area contributed by atoms with Crippen molar-refractivity contribution in [1.29, 1.82) is 0 Å². The molecule has 1 heterocycles. The van der Waals surface area contributed by atoms with Crippen molar-refractivity contribution >= 4 is 22.6 Å². The molecule has 6 nitrogen and oxygen atoms in total. The maximum absolute atomic E-state index is 12.3. The summed E-state index contributed by atoms with van der Waals surface area (Å²) in [7, 11) is 1.84. The van der Waals surface area contributed by atoms with Crippen LogP contribution in [0.5, 0.6) is 0 Å². The van der Waals surface area contributed by atoms with Gasteiger partial charge in [0.1, 0.15) is 0 Å². The Balaban J connectivity index is 1.64. The number of carbonyl (C=O) groups is 2. The minimum absolute atomic E-state index is 0.0966. The van der Waals surface area contributed by atoms with E-state index in [1.165, 1.54) is 0 Å². The minimum Gasteiger partial charge on any atom is -0.481 e. The van der Waals surface area contributed by atoms with Crippen molar-refractivity contribution < 1.29 is 14.7 Å². The van der Waals surface area contributed by atoms with E-state index in [0.29, 0.717) is 6.42 Å². The van der Waals surface area contributed by atoms with Gasteiger partial charge in [0.05, 0.1) is 18.0 Å². The van der Waals surface area contributed by atoms with Crippen LogP contribution in [-0.4, -0.2) is 33.3 Å². The molecule has 0 radical (unpaired) electrons. The average Bonchev–Trinajstić information content (AvgIpc) is 2.90. The quantitative estimate of drug-likeness (QED) is 0.661. The first-order chi connectivity index (χ1) is 13.3. The number of benzene rings is 2. The Morgan fingerprint density at radius 1 is 1.14 bits per heavy atom. The van der Waals surface area contributed by atoms with Crippen molar-refractivity contribution in [2.24, 2.45) is 13.0 Å². The Morgan fingerprint density at radius 3 is 2.50 bits per heavy atom. The number of carboxylic acid groups (broad SMARTS) is 1. The van der Waals surface area contributed by atoms with Crippen molar-refractivity contribution in [2.75, 3.05) is 6.54 Å². The summed E-state index contributed by atoms with van der Waals surface area (Å²) < 4.78 is 1.75. The Kier molecular flexibility index (Phi) is 5.78. The van der Waals surface area contributed by atoms with Crippen LogP contribution in [0.2, 0.25) is 0 Å². The summed E-state index contributed by atoms with van der Waals surface area (Å²) in [6, 6.07) is 13.9. The molecule has 1 aromatic heterocycles. The number of hydrogen-bond acceptors (Lipinski definition) is 3. The number of nitrogens with zero attached hydrogens (tertiary/aromatic N) is 2. The number of aliphatic carboxylic acids is 1. The first kappa shape index (κ1) is 19.6. The molecule has 0 fully saturated rings. The van der Waals surface area contributed by atoms with Gasteiger partial charge in [-0.2, -0.15) is 5.10 Å². The molecular weight excluding hydrogens is 354 g/mol. The fourth-order valence-electron chi connectivity index (χ4n) is 3.43. The predicted octanol–water partition coefficient (Wildman–Crippen LogP) is 2.79. The summed E-state index contributed by atoms with van der Waals surface area (Å²) in [5.41, 5.74) is 3.60. The molecule has 2 aromatic carbocycles. The van der Waals surface area contributed by atoms with E-state index in [1.807, 2.05) is 63.4 Å². The summed E-state index contributed by atoms with van der Waals surface area (Å²) >= 11 is 0. The monoisotopic (exact) mass is 379 g/mol. The van der Waals surface area contributed by atoms with E-state index in [-0.39, 0.29) is 18.9 Å². The van der Waals surface area contributed by atoms with Gasteiger partial charge in [0.15, 0.2) is 0 Å². The van der Waals surface area contributed by atoms with E-state index >= 15 is 0 Å². The average molecular weight is 379 g/mol. The van der Waals surface area contributed by atoms with E-state index in [2.05, 4.69) is 10.4 Å². The van der Waals surface area contributed by atoms with Crippen molar-refractivity contribution in [3.63, 3.8) is 0 Å². The Labute approximate surface area is 164 Å². The van der Waals surface area contributed by atoms with Gasteiger partial charge in [-0.25, -0.2) is 0 Å². The molecule has 1 unspecified atom stereocenters. The van der Waals surface area contributed by atoms with Gasteiger partial charge in [-0.1, -0.05) is 42.5 Å². The summed E-state index contributed by atoms with van der Waals surface area (Å²) in [6.07, 6.45) is 0.569. The number of carboxylic acids is 1. The van der Waals surface area contributed by atoms with Gasteiger partial charge in [-0.15, -0.1) is 0 Å². The fourth-order valence-corrected chi connectivity index (χ4v) is 3.43. The molecular formula is C22H25N3O3. The highest BCUT2D eigenvalue weighted by Crippen LogP contribution is 2.18. The summed E-state index contributed by atoms with van der Waals surface area (Å²) in [4.78, 5) is 24.0. The molecule has 1 amide bonds. The van der Waals surface area contributed by atoms with Crippen LogP contribution >= 0.6 is 0 Å². The first-order valence-corrected chi connectivity index (χ1v) is 9.31. The van der Waals surface area contributed by atoms with Gasteiger partial charge in [-0.05, 0) is 36.6 Å². The highest BCUT2D eigenvalue weighted by molar-refractivity contribution is 5.83. The van der Waals surface area contributed by atoms with Crippen LogP contribution in [-0.2, 0) is 29.5 Å². The van der Waals surface area contributed by atoms with Gasteiger partial charge in [-0.3, -0.25) is 14.3 Å². The number of amides is 1. The zero-order chi connectivity index (χ0) is 20.3. The number of hydrogen-bond donors (Lipinski definition) is 2. The summed E-state index contributed by atoms with van der Waals surface area (Å²) in [5.74, 6) is -1.78. The Morgan fingerprint density at radius 2 is 1.86 bits per heavy atom. The van der Waals surface area contributed by atoms with E-state index < -0.39 is 11.9 Å². The second-order valence-corrected chi connectivity index (χ2v) is 7.17. The van der Waals surface area contributed by atoms with E-state index in [0.717, 1.165) is 33.3 Å². The van der Waals surface area contributed by atoms with Crippen molar-refractivity contribution in [1.82, 2.24) is 15.1 Å². The first-order valence-electron chi connectivity index (χ1n) is 9.31. The molecule has 0 bridgehead atoms. The van der Waals surface area contributed by atoms with Crippen molar-refractivity contribution in [2.45, 2.75) is 26.7 Å². The molecule has 0 aliphatic heterocycles.